The zero-order chi connectivity index (χ0) is 21.2. The number of ether oxygens (including phenoxy) is 1. The Morgan fingerprint density at radius 3 is 2.40 bits per heavy atom. The van der Waals surface area contributed by atoms with Crippen LogP contribution in [0.1, 0.15) is 44.6 Å². The highest BCUT2D eigenvalue weighted by molar-refractivity contribution is 7.89. The van der Waals surface area contributed by atoms with E-state index < -0.39 is 10.0 Å². The SMILES string of the molecule is CCCS(=O)(=O)N1CCC(N2C(=O)N(Cc3ccccc3)CC23CCOCC3)CC1. The first-order valence-electron chi connectivity index (χ1n) is 11.1. The maximum Gasteiger partial charge on any atom is 0.321 e. The molecule has 3 heterocycles. The maximum atomic E-state index is 13.5. The van der Waals surface area contributed by atoms with E-state index in [9.17, 15) is 13.2 Å². The Kier molecular flexibility index (Phi) is 6.36. The van der Waals surface area contributed by atoms with Crippen LogP contribution in [0, 0.1) is 0 Å². The molecule has 1 aromatic carbocycles. The standard InChI is InChI=1S/C22H33N3O4S/c1-2-16-30(27,28)24-12-8-20(9-13-24)25-21(26)23(17-19-6-4-3-5-7-19)18-22(25)10-14-29-15-11-22/h3-7,20H,2,8-18H2,1H3. The second-order valence-electron chi connectivity index (χ2n) is 8.78. The molecule has 1 spiro atoms. The summed E-state index contributed by atoms with van der Waals surface area (Å²) in [6, 6.07) is 10.3. The molecule has 0 aromatic heterocycles. The number of piperidine rings is 1. The summed E-state index contributed by atoms with van der Waals surface area (Å²) >= 11 is 0. The van der Waals surface area contributed by atoms with Gasteiger partial charge >= 0.3 is 6.03 Å². The van der Waals surface area contributed by atoms with Crippen LogP contribution in [-0.2, 0) is 21.3 Å². The summed E-state index contributed by atoms with van der Waals surface area (Å²) in [5.41, 5.74) is 0.939. The Hall–Kier alpha value is -1.64. The summed E-state index contributed by atoms with van der Waals surface area (Å²) in [7, 11) is -3.18. The van der Waals surface area contributed by atoms with E-state index in [2.05, 4.69) is 17.0 Å². The van der Waals surface area contributed by atoms with Crippen LogP contribution < -0.4 is 0 Å². The minimum Gasteiger partial charge on any atom is -0.381 e. The van der Waals surface area contributed by atoms with Crippen molar-refractivity contribution in [2.75, 3.05) is 38.6 Å². The number of nitrogens with zero attached hydrogens (tertiary/aromatic N) is 3. The molecule has 0 radical (unpaired) electrons. The van der Waals surface area contributed by atoms with Gasteiger partial charge in [-0.25, -0.2) is 17.5 Å². The minimum absolute atomic E-state index is 0.0875. The molecule has 0 bridgehead atoms. The molecule has 0 saturated carbocycles. The molecular weight excluding hydrogens is 402 g/mol. The average molecular weight is 436 g/mol. The van der Waals surface area contributed by atoms with E-state index in [1.165, 1.54) is 0 Å². The van der Waals surface area contributed by atoms with Crippen molar-refractivity contribution in [3.05, 3.63) is 35.9 Å². The number of amides is 2. The van der Waals surface area contributed by atoms with Crippen molar-refractivity contribution in [3.63, 3.8) is 0 Å². The first-order chi connectivity index (χ1) is 14.5. The molecule has 1 aromatic rings. The third-order valence-electron chi connectivity index (χ3n) is 6.76. The van der Waals surface area contributed by atoms with E-state index in [1.807, 2.05) is 30.0 Å². The Morgan fingerprint density at radius 2 is 1.77 bits per heavy atom. The van der Waals surface area contributed by atoms with Crippen LogP contribution in [0.25, 0.3) is 0 Å². The van der Waals surface area contributed by atoms with Gasteiger partial charge < -0.3 is 14.5 Å². The number of benzene rings is 1. The van der Waals surface area contributed by atoms with Crippen LogP contribution in [0.3, 0.4) is 0 Å². The lowest BCUT2D eigenvalue weighted by molar-refractivity contribution is -0.0131. The van der Waals surface area contributed by atoms with Crippen molar-refractivity contribution < 1.29 is 17.9 Å². The third kappa shape index (κ3) is 4.22. The lowest BCUT2D eigenvalue weighted by Gasteiger charge is -2.46. The normalized spacial score (nSPS) is 23.4. The van der Waals surface area contributed by atoms with Gasteiger partial charge in [0.1, 0.15) is 0 Å². The molecule has 3 aliphatic heterocycles. The van der Waals surface area contributed by atoms with Gasteiger partial charge in [-0.3, -0.25) is 0 Å². The largest absolute Gasteiger partial charge is 0.381 e. The zero-order valence-corrected chi connectivity index (χ0v) is 18.6. The average Bonchev–Trinajstić information content (AvgIpc) is 3.00. The summed E-state index contributed by atoms with van der Waals surface area (Å²) in [6.45, 7) is 5.58. The number of carbonyl (C=O) groups excluding carboxylic acids is 1. The summed E-state index contributed by atoms with van der Waals surface area (Å²) in [5, 5.41) is 0. The Labute approximate surface area is 180 Å². The zero-order valence-electron chi connectivity index (χ0n) is 17.8. The van der Waals surface area contributed by atoms with Gasteiger partial charge in [0.25, 0.3) is 0 Å². The molecule has 0 aliphatic carbocycles. The van der Waals surface area contributed by atoms with Crippen molar-refractivity contribution in [1.82, 2.24) is 14.1 Å². The molecule has 0 unspecified atom stereocenters. The number of hydrogen-bond acceptors (Lipinski definition) is 4. The van der Waals surface area contributed by atoms with Gasteiger partial charge in [-0.15, -0.1) is 0 Å². The van der Waals surface area contributed by atoms with Crippen LogP contribution >= 0.6 is 0 Å². The van der Waals surface area contributed by atoms with Crippen LogP contribution in [0.2, 0.25) is 0 Å². The maximum absolute atomic E-state index is 13.5. The number of hydrogen-bond donors (Lipinski definition) is 0. The molecule has 7 nitrogen and oxygen atoms in total. The minimum atomic E-state index is -3.18. The predicted octanol–water partition coefficient (Wildman–Crippen LogP) is 2.68. The fourth-order valence-corrected chi connectivity index (χ4v) is 6.78. The van der Waals surface area contributed by atoms with E-state index >= 15 is 0 Å². The molecule has 8 heteroatoms. The monoisotopic (exact) mass is 435 g/mol. The van der Waals surface area contributed by atoms with Crippen molar-refractivity contribution in [2.24, 2.45) is 0 Å². The first kappa shape index (κ1) is 21.6. The highest BCUT2D eigenvalue weighted by Gasteiger charge is 2.53. The first-order valence-corrected chi connectivity index (χ1v) is 12.7. The lowest BCUT2D eigenvalue weighted by atomic mass is 9.86. The number of rotatable bonds is 6. The topological polar surface area (TPSA) is 70.2 Å². The molecule has 0 atom stereocenters. The van der Waals surface area contributed by atoms with Crippen LogP contribution in [-0.4, -0.2) is 78.7 Å². The molecule has 166 valence electrons. The second-order valence-corrected chi connectivity index (χ2v) is 10.9. The smallest absolute Gasteiger partial charge is 0.321 e. The van der Waals surface area contributed by atoms with Gasteiger partial charge in [0.2, 0.25) is 10.0 Å². The fourth-order valence-electron chi connectivity index (χ4n) is 5.24. The number of urea groups is 1. The van der Waals surface area contributed by atoms with Crippen LogP contribution in [0.5, 0.6) is 0 Å². The van der Waals surface area contributed by atoms with Crippen molar-refractivity contribution in [2.45, 2.75) is 57.2 Å². The van der Waals surface area contributed by atoms with Gasteiger partial charge in [0.05, 0.1) is 11.3 Å². The molecule has 0 N–H and O–H groups in total. The van der Waals surface area contributed by atoms with Gasteiger partial charge in [-0.05, 0) is 37.7 Å². The van der Waals surface area contributed by atoms with Crippen molar-refractivity contribution in [1.29, 1.82) is 0 Å². The molecule has 4 rings (SSSR count). The van der Waals surface area contributed by atoms with Gasteiger partial charge in [-0.1, -0.05) is 37.3 Å². The summed E-state index contributed by atoms with van der Waals surface area (Å²) in [4.78, 5) is 17.6. The Morgan fingerprint density at radius 1 is 1.10 bits per heavy atom. The molecule has 3 saturated heterocycles. The molecule has 30 heavy (non-hydrogen) atoms. The van der Waals surface area contributed by atoms with Gasteiger partial charge in [0, 0.05) is 45.4 Å². The van der Waals surface area contributed by atoms with E-state index in [0.29, 0.717) is 52.1 Å². The number of carbonyl (C=O) groups is 1. The van der Waals surface area contributed by atoms with Gasteiger partial charge in [0.15, 0.2) is 0 Å². The predicted molar refractivity (Wildman–Crippen MR) is 116 cm³/mol. The quantitative estimate of drug-likeness (QED) is 0.689. The highest BCUT2D eigenvalue weighted by Crippen LogP contribution is 2.40. The molecular formula is C22H33N3O4S. The third-order valence-corrected chi connectivity index (χ3v) is 8.83. The molecule has 2 amide bonds. The van der Waals surface area contributed by atoms with E-state index in [1.54, 1.807) is 4.31 Å². The Bertz CT molecular complexity index is 831. The van der Waals surface area contributed by atoms with Gasteiger partial charge in [-0.2, -0.15) is 0 Å². The van der Waals surface area contributed by atoms with Crippen LogP contribution in [0.4, 0.5) is 4.79 Å². The molecule has 3 fully saturated rings. The number of sulfonamides is 1. The lowest BCUT2D eigenvalue weighted by Crippen LogP contribution is -2.57. The fraction of sp³-hybridized carbons (Fsp3) is 0.682. The molecule has 3 aliphatic rings. The summed E-state index contributed by atoms with van der Waals surface area (Å²) in [5.74, 6) is 0.201. The van der Waals surface area contributed by atoms with Crippen molar-refractivity contribution in [3.8, 4) is 0 Å². The van der Waals surface area contributed by atoms with E-state index in [4.69, 9.17) is 4.74 Å². The van der Waals surface area contributed by atoms with E-state index in [0.717, 1.165) is 24.9 Å². The highest BCUT2D eigenvalue weighted by atomic mass is 32.2. The summed E-state index contributed by atoms with van der Waals surface area (Å²) in [6.07, 6.45) is 3.73. The Balaban J connectivity index is 1.51. The van der Waals surface area contributed by atoms with Crippen molar-refractivity contribution >= 4 is 16.1 Å². The summed E-state index contributed by atoms with van der Waals surface area (Å²) < 4.78 is 32.1. The second kappa shape index (κ2) is 8.85. The van der Waals surface area contributed by atoms with E-state index in [-0.39, 0.29) is 23.4 Å². The van der Waals surface area contributed by atoms with Crippen LogP contribution in [0.15, 0.2) is 30.3 Å².